The van der Waals surface area contributed by atoms with Crippen molar-refractivity contribution in [3.63, 3.8) is 0 Å². The molecule has 2 atom stereocenters. The largest absolute Gasteiger partial charge is 0.444 e. The molecule has 0 aromatic heterocycles. The Hall–Kier alpha value is -3.41. The number of carbonyl (C=O) groups is 4. The first-order valence-electron chi connectivity index (χ1n) is 18.8. The van der Waals surface area contributed by atoms with Crippen LogP contribution in [0.2, 0.25) is 20.1 Å². The topological polar surface area (TPSA) is 108 Å². The third-order valence-electron chi connectivity index (χ3n) is 8.58. The van der Waals surface area contributed by atoms with Crippen molar-refractivity contribution < 1.29 is 55.0 Å². The van der Waals surface area contributed by atoms with E-state index in [2.05, 4.69) is 30.1 Å². The van der Waals surface area contributed by atoms with E-state index in [4.69, 9.17) is 55.9 Å². The molecule has 2 unspecified atom stereocenters. The maximum Gasteiger partial charge on any atom is 0.410 e. The summed E-state index contributed by atoms with van der Waals surface area (Å²) in [6.45, 7) is 18.4. The van der Waals surface area contributed by atoms with Crippen LogP contribution in [0.3, 0.4) is 0 Å². The number of nitrogens with zero attached hydrogens (tertiary/aromatic N) is 3. The van der Waals surface area contributed by atoms with E-state index in [0.29, 0.717) is 28.6 Å². The Kier molecular flexibility index (Phi) is 23.4. The van der Waals surface area contributed by atoms with E-state index in [0.717, 1.165) is 10.5 Å². The molecular weight excluding hydrogens is 948 g/mol. The van der Waals surface area contributed by atoms with Crippen LogP contribution in [0.25, 0.3) is 0 Å². The van der Waals surface area contributed by atoms with Crippen LogP contribution in [0.15, 0.2) is 61.7 Å². The van der Waals surface area contributed by atoms with Gasteiger partial charge in [0.25, 0.3) is 0 Å². The highest BCUT2D eigenvalue weighted by Crippen LogP contribution is 2.39. The number of benzene rings is 2. The Bertz CT molecular complexity index is 1890. The average Bonchev–Trinajstić information content (AvgIpc) is 3.10. The van der Waals surface area contributed by atoms with Crippen molar-refractivity contribution in [2.75, 3.05) is 41.3 Å². The second-order valence-corrected chi connectivity index (χ2v) is 18.2. The van der Waals surface area contributed by atoms with Gasteiger partial charge in [0.2, 0.25) is 11.1 Å². The van der Waals surface area contributed by atoms with Crippen LogP contribution in [0.1, 0.15) is 78.4 Å². The molecule has 0 aliphatic rings. The van der Waals surface area contributed by atoms with Gasteiger partial charge in [-0.15, -0.1) is 13.2 Å². The second-order valence-electron chi connectivity index (χ2n) is 16.1. The van der Waals surface area contributed by atoms with Gasteiger partial charge in [-0.25, -0.2) is 9.59 Å². The molecule has 0 saturated heterocycles. The fourth-order valence-corrected chi connectivity index (χ4v) is 6.50. The highest BCUT2D eigenvalue weighted by atomic mass is 35.5. The van der Waals surface area contributed by atoms with Crippen molar-refractivity contribution in [2.24, 2.45) is 0 Å². The van der Waals surface area contributed by atoms with Crippen LogP contribution in [0.5, 0.6) is 0 Å². The maximum absolute atomic E-state index is 12.9. The molecule has 2 rings (SSSR count). The van der Waals surface area contributed by atoms with E-state index in [1.54, 1.807) is 57.0 Å². The molecule has 3 amide bonds. The minimum Gasteiger partial charge on any atom is -0.444 e. The van der Waals surface area contributed by atoms with Crippen molar-refractivity contribution in [3.05, 3.63) is 92.9 Å². The normalized spacial score (nSPS) is 13.6. The van der Waals surface area contributed by atoms with Crippen molar-refractivity contribution >= 4 is 81.3 Å². The maximum atomic E-state index is 12.9. The number of carbonyl (C=O) groups excluding carboxylic acids is 4. The summed E-state index contributed by atoms with van der Waals surface area (Å²) in [4.78, 5) is 51.1. The van der Waals surface area contributed by atoms with Crippen LogP contribution in [-0.4, -0.2) is 103 Å². The Morgan fingerprint density at radius 2 is 1.02 bits per heavy atom. The summed E-state index contributed by atoms with van der Waals surface area (Å²) in [5.41, 5.74) is -2.08. The van der Waals surface area contributed by atoms with Gasteiger partial charge in [0.15, 0.2) is 0 Å². The molecule has 0 heterocycles. The summed E-state index contributed by atoms with van der Waals surface area (Å²) >= 11 is 28.8. The van der Waals surface area contributed by atoms with Crippen LogP contribution >= 0.6 is 58.0 Å². The quantitative estimate of drug-likeness (QED) is 0.114. The van der Waals surface area contributed by atoms with E-state index in [1.807, 2.05) is 33.9 Å². The van der Waals surface area contributed by atoms with E-state index < -0.39 is 70.8 Å². The second kappa shape index (κ2) is 24.8. The van der Waals surface area contributed by atoms with Gasteiger partial charge < -0.3 is 19.7 Å². The SMILES string of the molecule is C=CCC(CN(C)C(=O)CC(F)(F)F)(c1ccc(Cl)c(Cl)c1)N(C)C(=O)OC(C)(C)C.C=CCC(CNC)(c1ccc(Cl)c(Cl)c1)N(C)C(=O)OC(C)(C)C.O=C(Cl)CC(F)(F)F. The number of hydrogen-bond donors (Lipinski definition) is 1. The Labute approximate surface area is 390 Å². The third kappa shape index (κ3) is 20.5. The lowest BCUT2D eigenvalue weighted by molar-refractivity contribution is -0.162. The number of hydrogen-bond acceptors (Lipinski definition) is 7. The van der Waals surface area contributed by atoms with Gasteiger partial charge in [0, 0.05) is 34.2 Å². The van der Waals surface area contributed by atoms with Gasteiger partial charge in [-0.2, -0.15) is 26.3 Å². The summed E-state index contributed by atoms with van der Waals surface area (Å²) in [7, 11) is 6.24. The third-order valence-corrected chi connectivity index (χ3v) is 10.2. The molecule has 10 nitrogen and oxygen atoms in total. The number of amides is 3. The van der Waals surface area contributed by atoms with E-state index in [9.17, 15) is 45.5 Å². The zero-order valence-electron chi connectivity index (χ0n) is 36.7. The van der Waals surface area contributed by atoms with Crippen molar-refractivity contribution in [3.8, 4) is 0 Å². The highest BCUT2D eigenvalue weighted by molar-refractivity contribution is 6.63. The number of rotatable bonds is 14. The lowest BCUT2D eigenvalue weighted by atomic mass is 9.84. The zero-order valence-corrected chi connectivity index (χ0v) is 40.5. The predicted molar refractivity (Wildman–Crippen MR) is 238 cm³/mol. The van der Waals surface area contributed by atoms with Gasteiger partial charge in [0.05, 0.1) is 31.2 Å². The molecule has 0 radical (unpaired) electrons. The van der Waals surface area contributed by atoms with Gasteiger partial charge in [0.1, 0.15) is 24.0 Å². The van der Waals surface area contributed by atoms with Gasteiger partial charge in [-0.05, 0) is 108 Å². The van der Waals surface area contributed by atoms with Crippen LogP contribution in [0.4, 0.5) is 35.9 Å². The Morgan fingerprint density at radius 3 is 1.32 bits per heavy atom. The number of halogens is 11. The van der Waals surface area contributed by atoms with Crippen molar-refractivity contribution in [2.45, 2.75) is 102 Å². The summed E-state index contributed by atoms with van der Waals surface area (Å²) in [5, 5.41) is 3.14. The minimum absolute atomic E-state index is 0.102. The average molecular weight is 1000 g/mol. The molecule has 63 heavy (non-hydrogen) atoms. The first kappa shape index (κ1) is 59.6. The fraction of sp³-hybridized carbons (Fsp3) is 0.524. The molecule has 0 saturated carbocycles. The lowest BCUT2D eigenvalue weighted by Crippen LogP contribution is -2.55. The number of alkyl halides is 6. The molecule has 2 aromatic carbocycles. The van der Waals surface area contributed by atoms with Gasteiger partial charge in [-0.1, -0.05) is 70.7 Å². The first-order chi connectivity index (χ1) is 28.5. The molecule has 1 N–H and O–H groups in total. The molecule has 21 heteroatoms. The summed E-state index contributed by atoms with van der Waals surface area (Å²) < 4.78 is 82.3. The highest BCUT2D eigenvalue weighted by Gasteiger charge is 2.44. The molecular formula is C42H55Cl5F6N4O6. The summed E-state index contributed by atoms with van der Waals surface area (Å²) in [5.74, 6) is -1.14. The lowest BCUT2D eigenvalue weighted by Gasteiger charge is -2.44. The standard InChI is InChI=1S/C21H27Cl2F3N2O3.C18H26Cl2N2O2.C3H2ClF3O/c1-7-10-20(14-8-9-15(22)16(23)11-14,28(6)18(30)31-19(2,3)4)13-27(5)17(29)12-21(24,25)26;1-7-10-18(12-21-5,13-8-9-14(19)15(20)11-13)22(6)16(23)24-17(2,3)4;4-2(8)1-3(5,6)7/h7-9,11H,1,10,12-13H2,2-6H3;7-9,11,21H,1,10,12H2,2-6H3;1H2. The molecule has 0 bridgehead atoms. The molecule has 0 aliphatic carbocycles. The fourth-order valence-electron chi connectivity index (χ4n) is 5.75. The molecule has 0 spiro atoms. The van der Waals surface area contributed by atoms with Crippen molar-refractivity contribution in [1.29, 1.82) is 0 Å². The first-order valence-corrected chi connectivity index (χ1v) is 20.7. The monoisotopic (exact) mass is 1000 g/mol. The van der Waals surface area contributed by atoms with E-state index >= 15 is 0 Å². The van der Waals surface area contributed by atoms with Gasteiger partial charge >= 0.3 is 24.5 Å². The number of ether oxygens (including phenoxy) is 2. The number of likely N-dealkylation sites (N-methyl/N-ethyl adjacent to an activating group) is 4. The van der Waals surface area contributed by atoms with Gasteiger partial charge in [-0.3, -0.25) is 19.4 Å². The zero-order chi connectivity index (χ0) is 49.5. The van der Waals surface area contributed by atoms with Crippen LogP contribution in [-0.2, 0) is 30.1 Å². The molecule has 356 valence electrons. The Balaban J connectivity index is 0.00000106. The van der Waals surface area contributed by atoms with Crippen molar-refractivity contribution in [1.82, 2.24) is 20.0 Å². The molecule has 2 aromatic rings. The summed E-state index contributed by atoms with van der Waals surface area (Å²) in [6.07, 6.45) is -9.51. The van der Waals surface area contributed by atoms with Crippen LogP contribution in [0, 0.1) is 0 Å². The molecule has 0 fully saturated rings. The summed E-state index contributed by atoms with van der Waals surface area (Å²) in [6, 6.07) is 10.0. The molecule has 0 aliphatic heterocycles. The predicted octanol–water partition coefficient (Wildman–Crippen LogP) is 12.6. The minimum atomic E-state index is -4.66. The van der Waals surface area contributed by atoms with Crippen LogP contribution < -0.4 is 5.32 Å². The number of nitrogens with one attached hydrogen (secondary N) is 1. The van der Waals surface area contributed by atoms with E-state index in [-0.39, 0.29) is 23.0 Å². The Morgan fingerprint density at radius 1 is 0.651 bits per heavy atom. The smallest absolute Gasteiger partial charge is 0.410 e. The van der Waals surface area contributed by atoms with E-state index in [1.165, 1.54) is 37.2 Å².